The maximum Gasteiger partial charge on any atom is 0.141 e. The topological polar surface area (TPSA) is 34.1 Å². The van der Waals surface area contributed by atoms with Crippen molar-refractivity contribution in [3.05, 3.63) is 58.9 Å². The van der Waals surface area contributed by atoms with Gasteiger partial charge in [-0.1, -0.05) is 38.1 Å². The maximum absolute atomic E-state index is 5.95. The highest BCUT2D eigenvalue weighted by molar-refractivity contribution is 5.30. The van der Waals surface area contributed by atoms with Crippen LogP contribution < -0.4 is 10.1 Å². The standard InChI is InChI=1S/C18H24N2O/c1-4-17-18(10-9-14(3)20-17)21-13-16-8-6-7-15(11-16)12-19-5-2/h6-11,19H,4-5,12-13H2,1-3H3. The van der Waals surface area contributed by atoms with Crippen LogP contribution >= 0.6 is 0 Å². The molecule has 0 aliphatic rings. The van der Waals surface area contributed by atoms with Gasteiger partial charge in [0.1, 0.15) is 12.4 Å². The predicted octanol–water partition coefficient (Wildman–Crippen LogP) is 3.64. The molecule has 3 heteroatoms. The fourth-order valence-corrected chi connectivity index (χ4v) is 2.24. The molecular weight excluding hydrogens is 260 g/mol. The van der Waals surface area contributed by atoms with E-state index in [2.05, 4.69) is 48.4 Å². The van der Waals surface area contributed by atoms with E-state index in [0.717, 1.165) is 36.6 Å². The first-order valence-corrected chi connectivity index (χ1v) is 7.60. The largest absolute Gasteiger partial charge is 0.487 e. The molecule has 3 nitrogen and oxygen atoms in total. The fraction of sp³-hybridized carbons (Fsp3) is 0.389. The van der Waals surface area contributed by atoms with Crippen molar-refractivity contribution in [1.29, 1.82) is 0 Å². The van der Waals surface area contributed by atoms with Gasteiger partial charge in [0.2, 0.25) is 0 Å². The number of pyridine rings is 1. The van der Waals surface area contributed by atoms with E-state index >= 15 is 0 Å². The molecule has 0 aliphatic heterocycles. The molecule has 0 radical (unpaired) electrons. The molecule has 0 fully saturated rings. The highest BCUT2D eigenvalue weighted by Crippen LogP contribution is 2.19. The fourth-order valence-electron chi connectivity index (χ4n) is 2.24. The van der Waals surface area contributed by atoms with E-state index in [4.69, 9.17) is 4.74 Å². The number of hydrogen-bond acceptors (Lipinski definition) is 3. The average molecular weight is 284 g/mol. The molecule has 1 aromatic carbocycles. The number of hydrogen-bond donors (Lipinski definition) is 1. The van der Waals surface area contributed by atoms with E-state index < -0.39 is 0 Å². The third-order valence-electron chi connectivity index (χ3n) is 3.37. The van der Waals surface area contributed by atoms with Crippen molar-refractivity contribution in [2.75, 3.05) is 6.54 Å². The molecule has 0 saturated carbocycles. The summed E-state index contributed by atoms with van der Waals surface area (Å²) in [4.78, 5) is 4.53. The second kappa shape index (κ2) is 7.79. The number of ether oxygens (including phenoxy) is 1. The van der Waals surface area contributed by atoms with Gasteiger partial charge in [-0.15, -0.1) is 0 Å². The summed E-state index contributed by atoms with van der Waals surface area (Å²) >= 11 is 0. The summed E-state index contributed by atoms with van der Waals surface area (Å²) in [6.45, 7) is 8.69. The quantitative estimate of drug-likeness (QED) is 0.843. The van der Waals surface area contributed by atoms with E-state index in [1.54, 1.807) is 0 Å². The van der Waals surface area contributed by atoms with Crippen LogP contribution in [-0.2, 0) is 19.6 Å². The van der Waals surface area contributed by atoms with Crippen molar-refractivity contribution in [2.24, 2.45) is 0 Å². The van der Waals surface area contributed by atoms with Crippen molar-refractivity contribution in [1.82, 2.24) is 10.3 Å². The number of nitrogens with zero attached hydrogens (tertiary/aromatic N) is 1. The van der Waals surface area contributed by atoms with Gasteiger partial charge in [0.15, 0.2) is 0 Å². The van der Waals surface area contributed by atoms with E-state index in [1.807, 2.05) is 19.1 Å². The van der Waals surface area contributed by atoms with E-state index in [0.29, 0.717) is 6.61 Å². The van der Waals surface area contributed by atoms with Gasteiger partial charge in [-0.05, 0) is 43.1 Å². The molecule has 2 rings (SSSR count). The lowest BCUT2D eigenvalue weighted by Crippen LogP contribution is -2.12. The molecule has 0 bridgehead atoms. The summed E-state index contributed by atoms with van der Waals surface area (Å²) in [5.41, 5.74) is 4.54. The lowest BCUT2D eigenvalue weighted by molar-refractivity contribution is 0.301. The van der Waals surface area contributed by atoms with Crippen molar-refractivity contribution < 1.29 is 4.74 Å². The molecule has 0 saturated heterocycles. The highest BCUT2D eigenvalue weighted by Gasteiger charge is 2.05. The van der Waals surface area contributed by atoms with Crippen LogP contribution in [-0.4, -0.2) is 11.5 Å². The summed E-state index contributed by atoms with van der Waals surface area (Å²) in [5.74, 6) is 0.889. The maximum atomic E-state index is 5.95. The van der Waals surface area contributed by atoms with E-state index in [-0.39, 0.29) is 0 Å². The van der Waals surface area contributed by atoms with Gasteiger partial charge in [0.25, 0.3) is 0 Å². The van der Waals surface area contributed by atoms with E-state index in [1.165, 1.54) is 11.1 Å². The zero-order valence-corrected chi connectivity index (χ0v) is 13.1. The van der Waals surface area contributed by atoms with Crippen LogP contribution in [0.5, 0.6) is 5.75 Å². The van der Waals surface area contributed by atoms with Gasteiger partial charge >= 0.3 is 0 Å². The Morgan fingerprint density at radius 3 is 2.67 bits per heavy atom. The Bertz CT molecular complexity index is 581. The van der Waals surface area contributed by atoms with Crippen molar-refractivity contribution in [3.63, 3.8) is 0 Å². The van der Waals surface area contributed by atoms with Gasteiger partial charge in [-0.25, -0.2) is 0 Å². The molecule has 1 N–H and O–H groups in total. The van der Waals surface area contributed by atoms with Crippen LogP contribution in [0.25, 0.3) is 0 Å². The minimum Gasteiger partial charge on any atom is -0.487 e. The molecular formula is C18H24N2O. The van der Waals surface area contributed by atoms with Gasteiger partial charge in [0.05, 0.1) is 5.69 Å². The molecule has 0 atom stereocenters. The zero-order chi connectivity index (χ0) is 15.1. The molecule has 21 heavy (non-hydrogen) atoms. The Balaban J connectivity index is 2.02. The van der Waals surface area contributed by atoms with Gasteiger partial charge < -0.3 is 10.1 Å². The summed E-state index contributed by atoms with van der Waals surface area (Å²) in [5, 5.41) is 3.34. The van der Waals surface area contributed by atoms with Gasteiger partial charge in [-0.3, -0.25) is 4.98 Å². The van der Waals surface area contributed by atoms with Crippen LogP contribution in [0.1, 0.15) is 36.4 Å². The molecule has 0 amide bonds. The molecule has 0 aliphatic carbocycles. The van der Waals surface area contributed by atoms with Crippen molar-refractivity contribution in [3.8, 4) is 5.75 Å². The predicted molar refractivity (Wildman–Crippen MR) is 86.5 cm³/mol. The van der Waals surface area contributed by atoms with Crippen LogP contribution in [0, 0.1) is 6.92 Å². The smallest absolute Gasteiger partial charge is 0.141 e. The zero-order valence-electron chi connectivity index (χ0n) is 13.1. The van der Waals surface area contributed by atoms with Crippen LogP contribution in [0.15, 0.2) is 36.4 Å². The number of nitrogens with one attached hydrogen (secondary N) is 1. The van der Waals surface area contributed by atoms with E-state index in [9.17, 15) is 0 Å². The second-order valence-electron chi connectivity index (χ2n) is 5.14. The monoisotopic (exact) mass is 284 g/mol. The Hall–Kier alpha value is -1.87. The minimum absolute atomic E-state index is 0.581. The molecule has 0 unspecified atom stereocenters. The Morgan fingerprint density at radius 2 is 1.90 bits per heavy atom. The number of aromatic nitrogens is 1. The summed E-state index contributed by atoms with van der Waals surface area (Å²) in [6, 6.07) is 12.5. The highest BCUT2D eigenvalue weighted by atomic mass is 16.5. The first-order chi connectivity index (χ1) is 10.2. The van der Waals surface area contributed by atoms with Gasteiger partial charge in [0, 0.05) is 12.2 Å². The van der Waals surface area contributed by atoms with Crippen molar-refractivity contribution in [2.45, 2.75) is 40.3 Å². The third-order valence-corrected chi connectivity index (χ3v) is 3.37. The number of benzene rings is 1. The summed E-state index contributed by atoms with van der Waals surface area (Å²) < 4.78 is 5.95. The minimum atomic E-state index is 0.581. The Labute approximate surface area is 127 Å². The lowest BCUT2D eigenvalue weighted by Gasteiger charge is -2.11. The van der Waals surface area contributed by atoms with Crippen LogP contribution in [0.3, 0.4) is 0 Å². The number of rotatable bonds is 7. The molecule has 112 valence electrons. The molecule has 0 spiro atoms. The second-order valence-corrected chi connectivity index (χ2v) is 5.14. The first kappa shape index (κ1) is 15.5. The lowest BCUT2D eigenvalue weighted by atomic mass is 10.1. The van der Waals surface area contributed by atoms with Gasteiger partial charge in [-0.2, -0.15) is 0 Å². The SMILES string of the molecule is CCNCc1cccc(COc2ccc(C)nc2CC)c1. The Morgan fingerprint density at radius 1 is 1.10 bits per heavy atom. The third kappa shape index (κ3) is 4.57. The van der Waals surface area contributed by atoms with Crippen molar-refractivity contribution >= 4 is 0 Å². The molecule has 1 heterocycles. The normalized spacial score (nSPS) is 10.6. The van der Waals surface area contributed by atoms with Crippen LogP contribution in [0.2, 0.25) is 0 Å². The summed E-state index contributed by atoms with van der Waals surface area (Å²) in [7, 11) is 0. The first-order valence-electron chi connectivity index (χ1n) is 7.60. The molecule has 2 aromatic rings. The average Bonchev–Trinajstić information content (AvgIpc) is 2.52. The van der Waals surface area contributed by atoms with Crippen LogP contribution in [0.4, 0.5) is 0 Å². The summed E-state index contributed by atoms with van der Waals surface area (Å²) in [6.07, 6.45) is 0.886. The number of aryl methyl sites for hydroxylation is 2. The Kier molecular flexibility index (Phi) is 5.76. The molecule has 1 aromatic heterocycles.